The predicted molar refractivity (Wildman–Crippen MR) is 133 cm³/mol. The van der Waals surface area contributed by atoms with Gasteiger partial charge in [-0.25, -0.2) is 4.68 Å². The van der Waals surface area contributed by atoms with Crippen molar-refractivity contribution in [2.75, 3.05) is 12.4 Å². The van der Waals surface area contributed by atoms with Crippen LogP contribution in [0.1, 0.15) is 24.1 Å². The van der Waals surface area contributed by atoms with Crippen LogP contribution in [0.15, 0.2) is 90.1 Å². The number of allylic oxidation sites excluding steroid dienone is 1. The molecule has 3 N–H and O–H groups in total. The Morgan fingerprint density at radius 1 is 1.03 bits per heavy atom. The van der Waals surface area contributed by atoms with Crippen molar-refractivity contribution >= 4 is 11.9 Å². The molecule has 0 spiro atoms. The number of primary amides is 1. The van der Waals surface area contributed by atoms with Crippen molar-refractivity contribution in [1.29, 1.82) is 0 Å². The average Bonchev–Trinajstić information content (AvgIpc) is 3.31. The summed E-state index contributed by atoms with van der Waals surface area (Å²) in [6, 6.07) is 24.6. The van der Waals surface area contributed by atoms with Gasteiger partial charge in [0.2, 0.25) is 11.9 Å². The van der Waals surface area contributed by atoms with Crippen LogP contribution in [0.25, 0.3) is 11.4 Å². The molecule has 0 saturated carbocycles. The van der Waals surface area contributed by atoms with Gasteiger partial charge in [0.25, 0.3) is 0 Å². The quantitative estimate of drug-likeness (QED) is 0.420. The summed E-state index contributed by atoms with van der Waals surface area (Å²) in [7, 11) is 1.61. The minimum absolute atomic E-state index is 0.428. The molecule has 1 amide bonds. The first-order valence-electron chi connectivity index (χ1n) is 11.2. The van der Waals surface area contributed by atoms with Crippen molar-refractivity contribution < 1.29 is 14.3 Å². The SMILES string of the molecule is COc1cccc(-c2nc3n(n2)C(c2ccc(OCc4ccccc4)cc2)C(C(N)=O)=C(C)N3)c1. The highest BCUT2D eigenvalue weighted by Gasteiger charge is 2.33. The highest BCUT2D eigenvalue weighted by molar-refractivity contribution is 5.95. The topological polar surface area (TPSA) is 104 Å². The predicted octanol–water partition coefficient (Wildman–Crippen LogP) is 4.31. The third-order valence-corrected chi connectivity index (χ3v) is 5.89. The van der Waals surface area contributed by atoms with Crippen LogP contribution in [0.4, 0.5) is 5.95 Å². The van der Waals surface area contributed by atoms with Crippen molar-refractivity contribution in [2.24, 2.45) is 5.73 Å². The number of methoxy groups -OCH3 is 1. The number of nitrogens with two attached hydrogens (primary N) is 1. The molecule has 0 fully saturated rings. The second-order valence-corrected chi connectivity index (χ2v) is 8.21. The van der Waals surface area contributed by atoms with Gasteiger partial charge in [-0.05, 0) is 42.3 Å². The number of fused-ring (bicyclic) bond motifs is 1. The molecule has 1 atom stereocenters. The molecule has 8 nitrogen and oxygen atoms in total. The van der Waals surface area contributed by atoms with E-state index in [9.17, 15) is 4.79 Å². The zero-order valence-corrected chi connectivity index (χ0v) is 19.4. The molecule has 1 aliphatic rings. The lowest BCUT2D eigenvalue weighted by Gasteiger charge is -2.27. The second kappa shape index (κ2) is 9.34. The molecular weight excluding hydrogens is 442 g/mol. The Morgan fingerprint density at radius 3 is 2.51 bits per heavy atom. The second-order valence-electron chi connectivity index (χ2n) is 8.21. The fourth-order valence-electron chi connectivity index (χ4n) is 4.15. The molecule has 0 saturated heterocycles. The van der Waals surface area contributed by atoms with Gasteiger partial charge in [0.1, 0.15) is 24.1 Å². The maximum atomic E-state index is 12.5. The first kappa shape index (κ1) is 22.2. The van der Waals surface area contributed by atoms with Crippen LogP contribution in [-0.4, -0.2) is 27.8 Å². The highest BCUT2D eigenvalue weighted by atomic mass is 16.5. The highest BCUT2D eigenvalue weighted by Crippen LogP contribution is 2.37. The Hall–Kier alpha value is -4.59. The molecule has 8 heteroatoms. The third kappa shape index (κ3) is 4.46. The normalized spacial score (nSPS) is 14.7. The molecule has 1 aromatic heterocycles. The van der Waals surface area contributed by atoms with Crippen molar-refractivity contribution in [3.05, 3.63) is 101 Å². The number of benzene rings is 3. The molecule has 35 heavy (non-hydrogen) atoms. The van der Waals surface area contributed by atoms with Crippen LogP contribution in [0, 0.1) is 0 Å². The summed E-state index contributed by atoms with van der Waals surface area (Å²) in [4.78, 5) is 17.1. The number of rotatable bonds is 7. The number of hydrogen-bond acceptors (Lipinski definition) is 6. The maximum absolute atomic E-state index is 12.5. The number of ether oxygens (including phenoxy) is 2. The standard InChI is InChI=1S/C27H25N5O3/c1-17-23(25(28)33)24(19-11-13-21(14-12-19)35-16-18-7-4-3-5-8-18)32-27(29-17)30-26(31-32)20-9-6-10-22(15-20)34-2/h3-15,24H,16H2,1-2H3,(H2,28,33)(H,29,30,31). The van der Waals surface area contributed by atoms with Gasteiger partial charge in [-0.15, -0.1) is 5.10 Å². The Balaban J connectivity index is 1.48. The molecule has 5 rings (SSSR count). The number of anilines is 1. The van der Waals surface area contributed by atoms with Crippen LogP contribution < -0.4 is 20.5 Å². The molecule has 2 heterocycles. The number of nitrogens with zero attached hydrogens (tertiary/aromatic N) is 3. The number of carbonyl (C=O) groups is 1. The van der Waals surface area contributed by atoms with E-state index in [1.807, 2.05) is 85.8 Å². The zero-order chi connectivity index (χ0) is 24.4. The summed E-state index contributed by atoms with van der Waals surface area (Å²) in [6.45, 7) is 2.28. The number of aromatic nitrogens is 3. The Kier molecular flexibility index (Phi) is 5.93. The van der Waals surface area contributed by atoms with Crippen molar-refractivity contribution in [1.82, 2.24) is 14.8 Å². The van der Waals surface area contributed by atoms with Gasteiger partial charge in [-0.2, -0.15) is 4.98 Å². The van der Waals surface area contributed by atoms with E-state index in [1.165, 1.54) is 0 Å². The molecule has 0 aliphatic carbocycles. The van der Waals surface area contributed by atoms with E-state index in [2.05, 4.69) is 10.3 Å². The van der Waals surface area contributed by atoms with Crippen molar-refractivity contribution in [3.8, 4) is 22.9 Å². The molecule has 176 valence electrons. The fraction of sp³-hybridized carbons (Fsp3) is 0.148. The van der Waals surface area contributed by atoms with E-state index in [4.69, 9.17) is 20.3 Å². The molecule has 0 bridgehead atoms. The van der Waals surface area contributed by atoms with E-state index < -0.39 is 11.9 Å². The molecular formula is C27H25N5O3. The molecule has 0 radical (unpaired) electrons. The molecule has 1 unspecified atom stereocenters. The fourth-order valence-corrected chi connectivity index (χ4v) is 4.15. The zero-order valence-electron chi connectivity index (χ0n) is 19.4. The van der Waals surface area contributed by atoms with Gasteiger partial charge in [-0.3, -0.25) is 4.79 Å². The lowest BCUT2D eigenvalue weighted by atomic mass is 9.95. The van der Waals surface area contributed by atoms with Gasteiger partial charge in [0.05, 0.1) is 12.7 Å². The van der Waals surface area contributed by atoms with Gasteiger partial charge in [0.15, 0.2) is 5.82 Å². The minimum Gasteiger partial charge on any atom is -0.497 e. The molecule has 1 aliphatic heterocycles. The largest absolute Gasteiger partial charge is 0.497 e. The Labute approximate surface area is 203 Å². The lowest BCUT2D eigenvalue weighted by molar-refractivity contribution is -0.115. The third-order valence-electron chi connectivity index (χ3n) is 5.89. The van der Waals surface area contributed by atoms with E-state index in [0.29, 0.717) is 35.4 Å². The number of nitrogens with one attached hydrogen (secondary N) is 1. The van der Waals surface area contributed by atoms with Crippen molar-refractivity contribution in [3.63, 3.8) is 0 Å². The van der Waals surface area contributed by atoms with E-state index in [0.717, 1.165) is 22.4 Å². The van der Waals surface area contributed by atoms with E-state index >= 15 is 0 Å². The smallest absolute Gasteiger partial charge is 0.248 e. The minimum atomic E-state index is -0.529. The van der Waals surface area contributed by atoms with Gasteiger partial charge in [-0.1, -0.05) is 54.6 Å². The summed E-state index contributed by atoms with van der Waals surface area (Å²) in [5.41, 5.74) is 9.60. The Morgan fingerprint density at radius 2 is 1.80 bits per heavy atom. The average molecular weight is 468 g/mol. The lowest BCUT2D eigenvalue weighted by Crippen LogP contribution is -2.31. The number of amides is 1. The Bertz CT molecular complexity index is 1390. The first-order chi connectivity index (χ1) is 17.0. The van der Waals surface area contributed by atoms with E-state index in [-0.39, 0.29) is 0 Å². The van der Waals surface area contributed by atoms with Crippen LogP contribution in [-0.2, 0) is 11.4 Å². The monoisotopic (exact) mass is 467 g/mol. The first-order valence-corrected chi connectivity index (χ1v) is 11.2. The van der Waals surface area contributed by atoms with Crippen LogP contribution in [0.3, 0.4) is 0 Å². The summed E-state index contributed by atoms with van der Waals surface area (Å²) >= 11 is 0. The van der Waals surface area contributed by atoms with Crippen LogP contribution in [0.2, 0.25) is 0 Å². The van der Waals surface area contributed by atoms with E-state index in [1.54, 1.807) is 11.8 Å². The maximum Gasteiger partial charge on any atom is 0.248 e. The summed E-state index contributed by atoms with van der Waals surface area (Å²) in [5, 5.41) is 7.91. The van der Waals surface area contributed by atoms with Gasteiger partial charge in [0, 0.05) is 11.3 Å². The summed E-state index contributed by atoms with van der Waals surface area (Å²) in [6.07, 6.45) is 0. The van der Waals surface area contributed by atoms with Crippen LogP contribution >= 0.6 is 0 Å². The molecule has 3 aromatic carbocycles. The van der Waals surface area contributed by atoms with Crippen LogP contribution in [0.5, 0.6) is 11.5 Å². The molecule has 4 aromatic rings. The number of carbonyl (C=O) groups excluding carboxylic acids is 1. The van der Waals surface area contributed by atoms with Crippen molar-refractivity contribution in [2.45, 2.75) is 19.6 Å². The number of hydrogen-bond donors (Lipinski definition) is 2. The van der Waals surface area contributed by atoms with Gasteiger partial charge >= 0.3 is 0 Å². The van der Waals surface area contributed by atoms with Gasteiger partial charge < -0.3 is 20.5 Å². The summed E-state index contributed by atoms with van der Waals surface area (Å²) < 4.78 is 13.0. The summed E-state index contributed by atoms with van der Waals surface area (Å²) in [5.74, 6) is 1.95.